The van der Waals surface area contributed by atoms with E-state index in [1.807, 2.05) is 17.8 Å². The van der Waals surface area contributed by atoms with Gasteiger partial charge in [0.1, 0.15) is 6.23 Å². The molecule has 1 fully saturated rings. The van der Waals surface area contributed by atoms with Crippen molar-refractivity contribution in [3.63, 3.8) is 0 Å². The van der Waals surface area contributed by atoms with E-state index >= 15 is 0 Å². The van der Waals surface area contributed by atoms with E-state index in [4.69, 9.17) is 4.74 Å². The van der Waals surface area contributed by atoms with Crippen molar-refractivity contribution in [1.82, 2.24) is 9.78 Å². The molecule has 0 N–H and O–H groups in total. The molecule has 0 spiro atoms. The van der Waals surface area contributed by atoms with E-state index in [0.29, 0.717) is 0 Å². The zero-order valence-corrected chi connectivity index (χ0v) is 10.4. The summed E-state index contributed by atoms with van der Waals surface area (Å²) in [6, 6.07) is 7.49. The molecule has 0 amide bonds. The Balaban J connectivity index is 0.00000108. The Bertz CT molecular complexity index is 503. The van der Waals surface area contributed by atoms with Gasteiger partial charge in [-0.05, 0) is 31.0 Å². The van der Waals surface area contributed by atoms with E-state index in [0.717, 1.165) is 29.5 Å². The first kappa shape index (κ1) is 12.7. The molecular weight excluding hydrogens is 207 g/mol. The van der Waals surface area contributed by atoms with E-state index in [1.54, 1.807) is 0 Å². The van der Waals surface area contributed by atoms with Crippen molar-refractivity contribution in [3.05, 3.63) is 30.0 Å². The molecule has 2 aromatic rings. The van der Waals surface area contributed by atoms with Gasteiger partial charge in [-0.3, -0.25) is 4.68 Å². The molecule has 1 unspecified atom stereocenters. The molecule has 1 saturated heterocycles. The minimum absolute atomic E-state index is 0. The molecule has 1 aliphatic heterocycles. The number of fused-ring (bicyclic) bond motifs is 1. The molecule has 3 nitrogen and oxygen atoms in total. The molecule has 17 heavy (non-hydrogen) atoms. The van der Waals surface area contributed by atoms with Crippen molar-refractivity contribution in [2.45, 2.75) is 32.4 Å². The third-order valence-electron chi connectivity index (χ3n) is 3.09. The monoisotopic (exact) mass is 222 g/mol. The maximum Gasteiger partial charge on any atom is 1.00 e. The molecular formula is C13H15LiN2O. The van der Waals surface area contributed by atoms with Crippen LogP contribution in [0.25, 0.3) is 10.9 Å². The van der Waals surface area contributed by atoms with Crippen LogP contribution in [-0.2, 0) is 4.74 Å². The van der Waals surface area contributed by atoms with Gasteiger partial charge in [-0.1, -0.05) is 6.92 Å². The molecule has 0 saturated carbocycles. The standard InChI is InChI=1S/C13H15N2O.Li/c1-10-5-6-12-11(8-10)9-14-15(12)13-4-2-3-7-16-13;/h5-6,9,13H,2-4,7H2,1H3;/q-1;+1. The Morgan fingerprint density at radius 3 is 3.06 bits per heavy atom. The Morgan fingerprint density at radius 1 is 1.41 bits per heavy atom. The number of aryl methyl sites for hydroxylation is 1. The van der Waals surface area contributed by atoms with Gasteiger partial charge < -0.3 is 4.74 Å². The second-order valence-corrected chi connectivity index (χ2v) is 4.35. The normalized spacial score (nSPS) is 20.2. The molecule has 1 atom stereocenters. The molecule has 0 bridgehead atoms. The van der Waals surface area contributed by atoms with E-state index < -0.39 is 0 Å². The van der Waals surface area contributed by atoms with E-state index in [-0.39, 0.29) is 25.1 Å². The van der Waals surface area contributed by atoms with Gasteiger partial charge in [0.05, 0.1) is 0 Å². The first-order valence-electron chi connectivity index (χ1n) is 5.82. The zero-order chi connectivity index (χ0) is 11.0. The first-order valence-corrected chi connectivity index (χ1v) is 5.82. The third kappa shape index (κ3) is 2.42. The quantitative estimate of drug-likeness (QED) is 0.495. The Morgan fingerprint density at radius 2 is 2.29 bits per heavy atom. The number of benzene rings is 1. The number of nitrogens with zero attached hydrogens (tertiary/aromatic N) is 2. The van der Waals surface area contributed by atoms with Crippen molar-refractivity contribution in [2.24, 2.45) is 0 Å². The van der Waals surface area contributed by atoms with Gasteiger partial charge in [-0.25, -0.2) is 5.10 Å². The fourth-order valence-electron chi connectivity index (χ4n) is 2.24. The van der Waals surface area contributed by atoms with Crippen LogP contribution in [0.1, 0.15) is 31.1 Å². The molecule has 4 heteroatoms. The Labute approximate surface area is 113 Å². The molecule has 1 aliphatic rings. The summed E-state index contributed by atoms with van der Waals surface area (Å²) in [6.45, 7) is 2.90. The minimum Gasteiger partial charge on any atom is -0.357 e. The molecule has 0 radical (unpaired) electrons. The molecule has 84 valence electrons. The zero-order valence-electron chi connectivity index (χ0n) is 10.4. The largest absolute Gasteiger partial charge is 1.00 e. The Hall–Kier alpha value is -0.753. The summed E-state index contributed by atoms with van der Waals surface area (Å²) in [5.74, 6) is 0. The van der Waals surface area contributed by atoms with Crippen molar-refractivity contribution < 1.29 is 23.6 Å². The van der Waals surface area contributed by atoms with Crippen molar-refractivity contribution in [1.29, 1.82) is 0 Å². The van der Waals surface area contributed by atoms with Crippen LogP contribution in [0.4, 0.5) is 0 Å². The molecule has 3 rings (SSSR count). The second-order valence-electron chi connectivity index (χ2n) is 4.35. The van der Waals surface area contributed by atoms with Gasteiger partial charge in [0.25, 0.3) is 0 Å². The average Bonchev–Trinajstić information content (AvgIpc) is 2.73. The SMILES string of the molecule is Cc1[c-]c2cnn(C3CCCCO3)c2cc1.[Li+]. The average molecular weight is 222 g/mol. The van der Waals surface area contributed by atoms with Gasteiger partial charge in [-0.2, -0.15) is 0 Å². The van der Waals surface area contributed by atoms with Crippen LogP contribution in [0.15, 0.2) is 18.3 Å². The predicted molar refractivity (Wildman–Crippen MR) is 62.1 cm³/mol. The topological polar surface area (TPSA) is 27.1 Å². The van der Waals surface area contributed by atoms with Gasteiger partial charge in [0.2, 0.25) is 0 Å². The summed E-state index contributed by atoms with van der Waals surface area (Å²) in [4.78, 5) is 0. The van der Waals surface area contributed by atoms with Crippen LogP contribution in [0.5, 0.6) is 0 Å². The van der Waals surface area contributed by atoms with Crippen LogP contribution >= 0.6 is 0 Å². The summed E-state index contributed by atoms with van der Waals surface area (Å²) in [5.41, 5.74) is 2.27. The predicted octanol–water partition coefficient (Wildman–Crippen LogP) is -0.152. The number of rotatable bonds is 1. The van der Waals surface area contributed by atoms with E-state index in [1.165, 1.54) is 12.8 Å². The summed E-state index contributed by atoms with van der Waals surface area (Å²) in [7, 11) is 0. The van der Waals surface area contributed by atoms with E-state index in [9.17, 15) is 0 Å². The van der Waals surface area contributed by atoms with Gasteiger partial charge in [0.15, 0.2) is 0 Å². The fourth-order valence-corrected chi connectivity index (χ4v) is 2.24. The van der Waals surface area contributed by atoms with Crippen LogP contribution in [0, 0.1) is 13.0 Å². The maximum atomic E-state index is 5.75. The molecule has 1 aromatic carbocycles. The number of hydrogen-bond acceptors (Lipinski definition) is 2. The summed E-state index contributed by atoms with van der Waals surface area (Å²) < 4.78 is 7.74. The summed E-state index contributed by atoms with van der Waals surface area (Å²) in [5, 5.41) is 5.50. The van der Waals surface area contributed by atoms with E-state index in [2.05, 4.69) is 23.3 Å². The summed E-state index contributed by atoms with van der Waals surface area (Å²) >= 11 is 0. The molecule has 0 aliphatic carbocycles. The van der Waals surface area contributed by atoms with Crippen LogP contribution in [0.3, 0.4) is 0 Å². The van der Waals surface area contributed by atoms with Gasteiger partial charge in [0, 0.05) is 6.61 Å². The van der Waals surface area contributed by atoms with Crippen molar-refractivity contribution >= 4 is 10.9 Å². The minimum atomic E-state index is 0. The first-order chi connectivity index (χ1) is 7.84. The van der Waals surface area contributed by atoms with Crippen LogP contribution < -0.4 is 18.9 Å². The van der Waals surface area contributed by atoms with Gasteiger partial charge in [-0.15, -0.1) is 29.1 Å². The number of ether oxygens (including phenoxy) is 1. The number of hydrogen-bond donors (Lipinski definition) is 0. The Kier molecular flexibility index (Phi) is 3.93. The van der Waals surface area contributed by atoms with Crippen molar-refractivity contribution in [2.75, 3.05) is 6.61 Å². The molecule has 1 aromatic heterocycles. The third-order valence-corrected chi connectivity index (χ3v) is 3.09. The second kappa shape index (κ2) is 5.26. The summed E-state index contributed by atoms with van der Waals surface area (Å²) in [6.07, 6.45) is 5.44. The number of aromatic nitrogens is 2. The van der Waals surface area contributed by atoms with Crippen molar-refractivity contribution in [3.8, 4) is 0 Å². The molecule has 2 heterocycles. The maximum absolute atomic E-state index is 5.75. The smallest absolute Gasteiger partial charge is 0.357 e. The van der Waals surface area contributed by atoms with Crippen LogP contribution in [-0.4, -0.2) is 16.4 Å². The fraction of sp³-hybridized carbons (Fsp3) is 0.462. The van der Waals surface area contributed by atoms with Gasteiger partial charge >= 0.3 is 18.9 Å². The van der Waals surface area contributed by atoms with Crippen LogP contribution in [0.2, 0.25) is 0 Å².